The predicted octanol–water partition coefficient (Wildman–Crippen LogP) is 2.42. The van der Waals surface area contributed by atoms with E-state index in [2.05, 4.69) is 5.32 Å². The van der Waals surface area contributed by atoms with Crippen LogP contribution in [-0.4, -0.2) is 5.91 Å². The Labute approximate surface area is 106 Å². The van der Waals surface area contributed by atoms with Crippen molar-refractivity contribution in [2.75, 3.05) is 11.1 Å². The van der Waals surface area contributed by atoms with Crippen LogP contribution in [0.15, 0.2) is 42.5 Å². The van der Waals surface area contributed by atoms with E-state index in [-0.39, 0.29) is 0 Å². The number of hydrogen-bond acceptors (Lipinski definition) is 3. The van der Waals surface area contributed by atoms with Crippen LogP contribution >= 0.6 is 0 Å². The minimum Gasteiger partial charge on any atom is -0.399 e. The first kappa shape index (κ1) is 12.0. The van der Waals surface area contributed by atoms with Gasteiger partial charge in [-0.05, 0) is 42.8 Å². The Morgan fingerprint density at radius 3 is 2.61 bits per heavy atom. The Balaban J connectivity index is 2.37. The van der Waals surface area contributed by atoms with Gasteiger partial charge in [-0.2, -0.15) is 0 Å². The van der Waals surface area contributed by atoms with Crippen molar-refractivity contribution in [2.45, 2.75) is 6.92 Å². The van der Waals surface area contributed by atoms with Crippen LogP contribution in [0.3, 0.4) is 0 Å². The lowest BCUT2D eigenvalue weighted by Gasteiger charge is -2.11. The van der Waals surface area contributed by atoms with Gasteiger partial charge in [-0.15, -0.1) is 0 Å². The van der Waals surface area contributed by atoms with E-state index >= 15 is 0 Å². The zero-order valence-corrected chi connectivity index (χ0v) is 10.1. The summed E-state index contributed by atoms with van der Waals surface area (Å²) in [7, 11) is 0. The van der Waals surface area contributed by atoms with Crippen molar-refractivity contribution in [3.05, 3.63) is 53.6 Å². The number of anilines is 3. The number of carbonyl (C=O) groups excluding carboxylic acids is 1. The van der Waals surface area contributed by atoms with Crippen molar-refractivity contribution in [2.24, 2.45) is 5.73 Å². The molecular formula is C14H15N3O. The van der Waals surface area contributed by atoms with Crippen LogP contribution in [0, 0.1) is 6.92 Å². The minimum atomic E-state index is -0.502. The van der Waals surface area contributed by atoms with E-state index in [1.54, 1.807) is 18.2 Å². The van der Waals surface area contributed by atoms with Crippen molar-refractivity contribution in [3.8, 4) is 0 Å². The summed E-state index contributed by atoms with van der Waals surface area (Å²) in [5.41, 5.74) is 14.6. The average Bonchev–Trinajstić information content (AvgIpc) is 2.31. The molecule has 2 aromatic rings. The van der Waals surface area contributed by atoms with Crippen LogP contribution in [0.4, 0.5) is 17.1 Å². The molecule has 1 amide bonds. The molecule has 0 unspecified atom stereocenters. The second-order valence-electron chi connectivity index (χ2n) is 4.16. The summed E-state index contributed by atoms with van der Waals surface area (Å²) < 4.78 is 0. The fourth-order valence-corrected chi connectivity index (χ4v) is 1.75. The van der Waals surface area contributed by atoms with Crippen LogP contribution in [-0.2, 0) is 0 Å². The van der Waals surface area contributed by atoms with Crippen LogP contribution in [0.5, 0.6) is 0 Å². The van der Waals surface area contributed by atoms with Crippen LogP contribution in [0.25, 0.3) is 0 Å². The Hall–Kier alpha value is -2.49. The largest absolute Gasteiger partial charge is 0.399 e. The molecule has 0 bridgehead atoms. The Kier molecular flexibility index (Phi) is 3.19. The molecule has 0 saturated carbocycles. The van der Waals surface area contributed by atoms with Crippen molar-refractivity contribution in [3.63, 3.8) is 0 Å². The molecule has 0 atom stereocenters. The molecule has 4 heteroatoms. The standard InChI is InChI=1S/C14H15N3O/c1-9-3-2-4-11(7-9)17-13-6-5-10(15)8-12(13)14(16)18/h2-8,17H,15H2,1H3,(H2,16,18). The Morgan fingerprint density at radius 1 is 1.17 bits per heavy atom. The van der Waals surface area contributed by atoms with E-state index in [0.717, 1.165) is 11.3 Å². The van der Waals surface area contributed by atoms with E-state index in [1.165, 1.54) is 0 Å². The quantitative estimate of drug-likeness (QED) is 0.722. The maximum atomic E-state index is 11.4. The van der Waals surface area contributed by atoms with Crippen molar-refractivity contribution < 1.29 is 4.79 Å². The predicted molar refractivity (Wildman–Crippen MR) is 73.8 cm³/mol. The summed E-state index contributed by atoms with van der Waals surface area (Å²) in [5.74, 6) is -0.502. The highest BCUT2D eigenvalue weighted by molar-refractivity contribution is 6.00. The Morgan fingerprint density at radius 2 is 1.94 bits per heavy atom. The number of nitrogen functional groups attached to an aromatic ring is 1. The maximum Gasteiger partial charge on any atom is 0.250 e. The summed E-state index contributed by atoms with van der Waals surface area (Å²) >= 11 is 0. The van der Waals surface area contributed by atoms with Gasteiger partial charge in [0.15, 0.2) is 0 Å². The Bertz CT molecular complexity index is 593. The minimum absolute atomic E-state index is 0.386. The molecule has 2 aromatic carbocycles. The van der Waals surface area contributed by atoms with Crippen molar-refractivity contribution in [1.29, 1.82) is 0 Å². The van der Waals surface area contributed by atoms with Gasteiger partial charge in [0.2, 0.25) is 0 Å². The van der Waals surface area contributed by atoms with Gasteiger partial charge < -0.3 is 16.8 Å². The smallest absolute Gasteiger partial charge is 0.250 e. The van der Waals surface area contributed by atoms with E-state index in [4.69, 9.17) is 11.5 Å². The number of hydrogen-bond donors (Lipinski definition) is 3. The summed E-state index contributed by atoms with van der Waals surface area (Å²) in [6.45, 7) is 2.00. The highest BCUT2D eigenvalue weighted by Gasteiger charge is 2.08. The first-order valence-electron chi connectivity index (χ1n) is 5.59. The number of carbonyl (C=O) groups is 1. The number of rotatable bonds is 3. The zero-order chi connectivity index (χ0) is 13.1. The highest BCUT2D eigenvalue weighted by atomic mass is 16.1. The summed E-state index contributed by atoms with van der Waals surface area (Å²) in [6, 6.07) is 12.9. The fourth-order valence-electron chi connectivity index (χ4n) is 1.75. The molecule has 92 valence electrons. The molecule has 18 heavy (non-hydrogen) atoms. The molecule has 5 N–H and O–H groups in total. The SMILES string of the molecule is Cc1cccc(Nc2ccc(N)cc2C(N)=O)c1. The van der Waals surface area contributed by atoms with Gasteiger partial charge in [0.05, 0.1) is 11.3 Å². The zero-order valence-electron chi connectivity index (χ0n) is 10.1. The van der Waals surface area contributed by atoms with Gasteiger partial charge >= 0.3 is 0 Å². The van der Waals surface area contributed by atoms with E-state index in [1.807, 2.05) is 31.2 Å². The molecule has 0 fully saturated rings. The first-order chi connectivity index (χ1) is 8.56. The third kappa shape index (κ3) is 2.60. The van der Waals surface area contributed by atoms with Crippen LogP contribution in [0.2, 0.25) is 0 Å². The molecule has 0 aliphatic rings. The lowest BCUT2D eigenvalue weighted by atomic mass is 10.1. The molecule has 4 nitrogen and oxygen atoms in total. The molecule has 0 aliphatic carbocycles. The van der Waals surface area contributed by atoms with Gasteiger partial charge in [-0.3, -0.25) is 4.79 Å². The maximum absolute atomic E-state index is 11.4. The highest BCUT2D eigenvalue weighted by Crippen LogP contribution is 2.23. The molecule has 0 aliphatic heterocycles. The van der Waals surface area contributed by atoms with E-state index < -0.39 is 5.91 Å². The molecule has 0 aromatic heterocycles. The molecular weight excluding hydrogens is 226 g/mol. The van der Waals surface area contributed by atoms with E-state index in [9.17, 15) is 4.79 Å². The molecule has 0 heterocycles. The van der Waals surface area contributed by atoms with Crippen molar-refractivity contribution >= 4 is 23.0 Å². The lowest BCUT2D eigenvalue weighted by Crippen LogP contribution is -2.13. The molecule has 0 saturated heterocycles. The molecule has 0 spiro atoms. The third-order valence-electron chi connectivity index (χ3n) is 2.61. The van der Waals surface area contributed by atoms with Crippen LogP contribution < -0.4 is 16.8 Å². The summed E-state index contributed by atoms with van der Waals surface area (Å²) in [4.78, 5) is 11.4. The lowest BCUT2D eigenvalue weighted by molar-refractivity contribution is 0.100. The average molecular weight is 241 g/mol. The van der Waals surface area contributed by atoms with Gasteiger partial charge in [0.1, 0.15) is 0 Å². The fraction of sp³-hybridized carbons (Fsp3) is 0.0714. The second kappa shape index (κ2) is 4.79. The summed E-state index contributed by atoms with van der Waals surface area (Å²) in [5, 5.41) is 3.17. The number of aryl methyl sites for hydroxylation is 1. The van der Waals surface area contributed by atoms with Gasteiger partial charge in [0, 0.05) is 11.4 Å². The first-order valence-corrected chi connectivity index (χ1v) is 5.59. The number of amides is 1. The van der Waals surface area contributed by atoms with Crippen molar-refractivity contribution in [1.82, 2.24) is 0 Å². The monoisotopic (exact) mass is 241 g/mol. The number of nitrogens with two attached hydrogens (primary N) is 2. The second-order valence-corrected chi connectivity index (χ2v) is 4.16. The number of nitrogens with one attached hydrogen (secondary N) is 1. The van der Waals surface area contributed by atoms with Gasteiger partial charge in [0.25, 0.3) is 5.91 Å². The van der Waals surface area contributed by atoms with E-state index in [0.29, 0.717) is 16.9 Å². The number of primary amides is 1. The number of benzene rings is 2. The topological polar surface area (TPSA) is 81.1 Å². The summed E-state index contributed by atoms with van der Waals surface area (Å²) in [6.07, 6.45) is 0. The van der Waals surface area contributed by atoms with Gasteiger partial charge in [-0.1, -0.05) is 12.1 Å². The normalized spacial score (nSPS) is 10.1. The third-order valence-corrected chi connectivity index (χ3v) is 2.61. The molecule has 0 radical (unpaired) electrons. The molecule has 2 rings (SSSR count). The van der Waals surface area contributed by atoms with Gasteiger partial charge in [-0.25, -0.2) is 0 Å². The van der Waals surface area contributed by atoms with Crippen LogP contribution in [0.1, 0.15) is 15.9 Å².